The zero-order valence-corrected chi connectivity index (χ0v) is 23.2. The van der Waals surface area contributed by atoms with Gasteiger partial charge in [0.05, 0.1) is 0 Å². The third-order valence-corrected chi connectivity index (χ3v) is 8.22. The molecule has 0 nitrogen and oxygen atoms in total. The first-order valence-electron chi connectivity index (χ1n) is 13.5. The number of benzene rings is 6. The molecule has 186 valence electrons. The molecule has 6 rings (SSSR count). The van der Waals surface area contributed by atoms with Crippen molar-refractivity contribution in [3.05, 3.63) is 130 Å². The average molecular weight is 491 g/mol. The van der Waals surface area contributed by atoms with Crippen molar-refractivity contribution < 1.29 is 0 Å². The first-order valence-corrected chi connectivity index (χ1v) is 13.5. The minimum atomic E-state index is 1.28. The quantitative estimate of drug-likeness (QED) is 0.216. The molecule has 0 aliphatic heterocycles. The maximum Gasteiger partial charge on any atom is -0.00146 e. The molecular formula is C38H34. The molecule has 0 radical (unpaired) electrons. The van der Waals surface area contributed by atoms with Gasteiger partial charge in [-0.25, -0.2) is 0 Å². The molecule has 0 saturated carbocycles. The van der Waals surface area contributed by atoms with Gasteiger partial charge < -0.3 is 0 Å². The van der Waals surface area contributed by atoms with Crippen LogP contribution in [-0.4, -0.2) is 0 Å². The van der Waals surface area contributed by atoms with Crippen LogP contribution >= 0.6 is 0 Å². The molecule has 0 N–H and O–H groups in total. The molecule has 0 aliphatic carbocycles. The molecule has 0 spiro atoms. The normalized spacial score (nSPS) is 11.4. The van der Waals surface area contributed by atoms with Gasteiger partial charge in [-0.1, -0.05) is 78.9 Å². The van der Waals surface area contributed by atoms with Gasteiger partial charge in [0.15, 0.2) is 0 Å². The Morgan fingerprint density at radius 2 is 0.737 bits per heavy atom. The molecule has 6 aromatic carbocycles. The monoisotopic (exact) mass is 490 g/mol. The largest absolute Gasteiger partial charge is 0.0617 e. The second-order valence-electron chi connectivity index (χ2n) is 10.9. The molecule has 0 heteroatoms. The summed E-state index contributed by atoms with van der Waals surface area (Å²) in [6, 6.07) is 36.1. The second-order valence-corrected chi connectivity index (χ2v) is 10.9. The van der Waals surface area contributed by atoms with E-state index in [1.54, 1.807) is 0 Å². The summed E-state index contributed by atoms with van der Waals surface area (Å²) in [5.41, 5.74) is 15.9. The molecule has 0 atom stereocenters. The summed E-state index contributed by atoms with van der Waals surface area (Å²) >= 11 is 0. The zero-order chi connectivity index (χ0) is 26.6. The number of hydrogen-bond acceptors (Lipinski definition) is 0. The maximum absolute atomic E-state index is 2.45. The first kappa shape index (κ1) is 24.2. The van der Waals surface area contributed by atoms with Crippen molar-refractivity contribution in [1.82, 2.24) is 0 Å². The van der Waals surface area contributed by atoms with E-state index in [0.717, 1.165) is 0 Å². The lowest BCUT2D eigenvalue weighted by Gasteiger charge is -2.25. The minimum Gasteiger partial charge on any atom is -0.0617 e. The fourth-order valence-electron chi connectivity index (χ4n) is 6.46. The smallest absolute Gasteiger partial charge is 0.00146 e. The summed E-state index contributed by atoms with van der Waals surface area (Å²) in [5, 5.41) is 5.15. The van der Waals surface area contributed by atoms with Gasteiger partial charge in [0.1, 0.15) is 0 Å². The lowest BCUT2D eigenvalue weighted by atomic mass is 9.78. The van der Waals surface area contributed by atoms with Crippen molar-refractivity contribution in [2.24, 2.45) is 0 Å². The fourth-order valence-corrected chi connectivity index (χ4v) is 6.46. The summed E-state index contributed by atoms with van der Waals surface area (Å²) < 4.78 is 0. The van der Waals surface area contributed by atoms with Gasteiger partial charge >= 0.3 is 0 Å². The molecule has 0 aliphatic rings. The predicted octanol–water partition coefficient (Wildman–Crippen LogP) is 10.8. The van der Waals surface area contributed by atoms with E-state index >= 15 is 0 Å². The summed E-state index contributed by atoms with van der Waals surface area (Å²) in [7, 11) is 0. The summed E-state index contributed by atoms with van der Waals surface area (Å²) in [4.78, 5) is 0. The Morgan fingerprint density at radius 1 is 0.316 bits per heavy atom. The highest BCUT2D eigenvalue weighted by Crippen LogP contribution is 2.49. The molecular weight excluding hydrogens is 456 g/mol. The number of aryl methyl sites for hydroxylation is 6. The minimum absolute atomic E-state index is 1.28. The number of fused-ring (bicyclic) bond motifs is 2. The highest BCUT2D eigenvalue weighted by atomic mass is 14.3. The lowest BCUT2D eigenvalue weighted by molar-refractivity contribution is 1.35. The van der Waals surface area contributed by atoms with Crippen LogP contribution in [0.5, 0.6) is 0 Å². The van der Waals surface area contributed by atoms with Gasteiger partial charge in [0, 0.05) is 0 Å². The summed E-state index contributed by atoms with van der Waals surface area (Å²) in [6.45, 7) is 13.5. The van der Waals surface area contributed by atoms with Crippen LogP contribution in [0, 0.1) is 41.5 Å². The van der Waals surface area contributed by atoms with Crippen molar-refractivity contribution in [2.75, 3.05) is 0 Å². The van der Waals surface area contributed by atoms with Crippen LogP contribution in [0.1, 0.15) is 33.4 Å². The van der Waals surface area contributed by atoms with E-state index in [1.165, 1.54) is 88.3 Å². The Morgan fingerprint density at radius 3 is 1.24 bits per heavy atom. The third kappa shape index (κ3) is 3.84. The molecule has 0 unspecified atom stereocenters. The van der Waals surface area contributed by atoms with Gasteiger partial charge in [0.2, 0.25) is 0 Å². The Hall–Kier alpha value is -4.16. The molecule has 0 bridgehead atoms. The van der Waals surface area contributed by atoms with Gasteiger partial charge in [-0.15, -0.1) is 0 Å². The lowest BCUT2D eigenvalue weighted by Crippen LogP contribution is -2.00. The Labute approximate surface area is 226 Å². The zero-order valence-electron chi connectivity index (χ0n) is 23.2. The van der Waals surface area contributed by atoms with E-state index in [-0.39, 0.29) is 0 Å². The fraction of sp³-hybridized carbons (Fsp3) is 0.158. The Bertz CT molecular complexity index is 1810. The van der Waals surface area contributed by atoms with Crippen LogP contribution in [0.3, 0.4) is 0 Å². The molecule has 0 heterocycles. The molecule has 6 aromatic rings. The van der Waals surface area contributed by atoms with Crippen LogP contribution in [0.2, 0.25) is 0 Å². The van der Waals surface area contributed by atoms with Crippen molar-refractivity contribution in [1.29, 1.82) is 0 Å². The number of hydrogen-bond donors (Lipinski definition) is 0. The highest BCUT2D eigenvalue weighted by Gasteiger charge is 2.24. The molecule has 0 aromatic heterocycles. The van der Waals surface area contributed by atoms with Gasteiger partial charge in [-0.2, -0.15) is 0 Å². The molecule has 0 saturated heterocycles. The van der Waals surface area contributed by atoms with E-state index in [2.05, 4.69) is 139 Å². The van der Waals surface area contributed by atoms with Crippen LogP contribution in [0.4, 0.5) is 0 Å². The highest BCUT2D eigenvalue weighted by molar-refractivity contribution is 6.15. The van der Waals surface area contributed by atoms with Crippen molar-refractivity contribution in [3.63, 3.8) is 0 Å². The van der Waals surface area contributed by atoms with E-state index < -0.39 is 0 Å². The van der Waals surface area contributed by atoms with Crippen LogP contribution < -0.4 is 0 Å². The standard InChI is InChI=1S/C38H34/c1-23-12-9-13-24(2)34(23)33-22-31-20-29-18-7-8-19-30(29)21-32(31)37(35-25(3)14-10-15-26(35)4)38(33)36-27(5)16-11-17-28(36)6/h7-22H,1-6H3. The van der Waals surface area contributed by atoms with E-state index in [1.807, 2.05) is 0 Å². The predicted molar refractivity (Wildman–Crippen MR) is 166 cm³/mol. The van der Waals surface area contributed by atoms with Crippen molar-refractivity contribution >= 4 is 21.5 Å². The van der Waals surface area contributed by atoms with E-state index in [0.29, 0.717) is 0 Å². The molecule has 38 heavy (non-hydrogen) atoms. The Kier molecular flexibility index (Phi) is 5.92. The van der Waals surface area contributed by atoms with Gasteiger partial charge in [-0.05, 0) is 148 Å². The maximum atomic E-state index is 2.45. The average Bonchev–Trinajstić information content (AvgIpc) is 2.88. The molecule has 0 fully saturated rings. The Balaban J connectivity index is 1.94. The van der Waals surface area contributed by atoms with Crippen LogP contribution in [0.15, 0.2) is 97.1 Å². The second kappa shape index (κ2) is 9.30. The molecule has 0 amide bonds. The SMILES string of the molecule is Cc1cccc(C)c1-c1cc2cc3ccccc3cc2c(-c2c(C)cccc2C)c1-c1c(C)cccc1C. The third-order valence-electron chi connectivity index (χ3n) is 8.22. The van der Waals surface area contributed by atoms with Crippen molar-refractivity contribution in [2.45, 2.75) is 41.5 Å². The first-order chi connectivity index (χ1) is 18.3. The summed E-state index contributed by atoms with van der Waals surface area (Å²) in [6.07, 6.45) is 0. The van der Waals surface area contributed by atoms with E-state index in [9.17, 15) is 0 Å². The number of rotatable bonds is 3. The topological polar surface area (TPSA) is 0 Å². The van der Waals surface area contributed by atoms with Gasteiger partial charge in [-0.3, -0.25) is 0 Å². The van der Waals surface area contributed by atoms with Crippen LogP contribution in [0.25, 0.3) is 54.9 Å². The van der Waals surface area contributed by atoms with Crippen molar-refractivity contribution in [3.8, 4) is 33.4 Å². The summed E-state index contributed by atoms with van der Waals surface area (Å²) in [5.74, 6) is 0. The van der Waals surface area contributed by atoms with Crippen LogP contribution in [-0.2, 0) is 0 Å². The van der Waals surface area contributed by atoms with Gasteiger partial charge in [0.25, 0.3) is 0 Å². The van der Waals surface area contributed by atoms with E-state index in [4.69, 9.17) is 0 Å².